The standard InChI is InChI=1S/C22H19BrN4O2/c1-3-15-7-5-8-16(11-15)26-22-17-12-19(27-21(28)9-6-10-23)20(29-4-2)13-18(17)24-14-25-22/h1,5-9,11-14H,4,10H2,2H3,(H,27,28)(H,24,25,26)/b9-6+. The molecule has 0 fully saturated rings. The van der Waals surface area contributed by atoms with Gasteiger partial charge in [-0.1, -0.05) is 34.0 Å². The van der Waals surface area contributed by atoms with Crippen LogP contribution >= 0.6 is 15.9 Å². The van der Waals surface area contributed by atoms with Crippen LogP contribution in [0.4, 0.5) is 17.2 Å². The van der Waals surface area contributed by atoms with E-state index >= 15 is 0 Å². The lowest BCUT2D eigenvalue weighted by molar-refractivity contribution is -0.111. The van der Waals surface area contributed by atoms with E-state index < -0.39 is 0 Å². The molecule has 0 bridgehead atoms. The van der Waals surface area contributed by atoms with E-state index in [0.717, 1.165) is 16.6 Å². The highest BCUT2D eigenvalue weighted by Crippen LogP contribution is 2.33. The van der Waals surface area contributed by atoms with Gasteiger partial charge in [-0.25, -0.2) is 9.97 Å². The van der Waals surface area contributed by atoms with Crippen LogP contribution in [0.15, 0.2) is 54.9 Å². The number of carbonyl (C=O) groups excluding carboxylic acids is 1. The number of halogens is 1. The molecule has 3 rings (SSSR count). The lowest BCUT2D eigenvalue weighted by Gasteiger charge is -2.14. The quantitative estimate of drug-likeness (QED) is 0.311. The van der Waals surface area contributed by atoms with Gasteiger partial charge < -0.3 is 15.4 Å². The van der Waals surface area contributed by atoms with E-state index in [9.17, 15) is 4.79 Å². The second kappa shape index (κ2) is 9.71. The van der Waals surface area contributed by atoms with E-state index in [1.807, 2.05) is 31.2 Å². The molecule has 0 spiro atoms. The first-order chi connectivity index (χ1) is 14.1. The number of nitrogens with zero attached hydrogens (tertiary/aromatic N) is 2. The van der Waals surface area contributed by atoms with Crippen molar-refractivity contribution in [3.05, 3.63) is 60.4 Å². The highest BCUT2D eigenvalue weighted by Gasteiger charge is 2.13. The van der Waals surface area contributed by atoms with E-state index in [4.69, 9.17) is 11.2 Å². The Morgan fingerprint density at radius 2 is 2.17 bits per heavy atom. The summed E-state index contributed by atoms with van der Waals surface area (Å²) >= 11 is 3.26. The molecule has 0 aliphatic heterocycles. The first-order valence-electron chi connectivity index (χ1n) is 8.93. The van der Waals surface area contributed by atoms with Crippen molar-refractivity contribution in [2.75, 3.05) is 22.6 Å². The smallest absolute Gasteiger partial charge is 0.248 e. The molecule has 0 aliphatic rings. The van der Waals surface area contributed by atoms with Crippen molar-refractivity contribution < 1.29 is 9.53 Å². The maximum absolute atomic E-state index is 12.2. The Morgan fingerprint density at radius 3 is 2.93 bits per heavy atom. The molecule has 0 aliphatic carbocycles. The third kappa shape index (κ3) is 5.12. The van der Waals surface area contributed by atoms with Crippen LogP contribution in [0.1, 0.15) is 12.5 Å². The van der Waals surface area contributed by atoms with Crippen LogP contribution in [-0.2, 0) is 4.79 Å². The summed E-state index contributed by atoms with van der Waals surface area (Å²) in [7, 11) is 0. The minimum atomic E-state index is -0.252. The molecular formula is C22H19BrN4O2. The molecule has 29 heavy (non-hydrogen) atoms. The molecule has 7 heteroatoms. The highest BCUT2D eigenvalue weighted by molar-refractivity contribution is 9.09. The summed E-state index contributed by atoms with van der Waals surface area (Å²) in [6.45, 7) is 2.34. The summed E-state index contributed by atoms with van der Waals surface area (Å²) in [5, 5.41) is 7.45. The van der Waals surface area contributed by atoms with Crippen molar-refractivity contribution in [1.29, 1.82) is 0 Å². The number of hydrogen-bond donors (Lipinski definition) is 2. The number of rotatable bonds is 7. The zero-order chi connectivity index (χ0) is 20.6. The van der Waals surface area contributed by atoms with Crippen LogP contribution in [-0.4, -0.2) is 27.8 Å². The molecule has 2 aromatic carbocycles. The monoisotopic (exact) mass is 450 g/mol. The van der Waals surface area contributed by atoms with Crippen molar-refractivity contribution >= 4 is 49.9 Å². The van der Waals surface area contributed by atoms with Gasteiger partial charge in [0.15, 0.2) is 0 Å². The maximum Gasteiger partial charge on any atom is 0.248 e. The first-order valence-corrected chi connectivity index (χ1v) is 10.1. The van der Waals surface area contributed by atoms with Crippen molar-refractivity contribution in [2.24, 2.45) is 0 Å². The second-order valence-electron chi connectivity index (χ2n) is 5.92. The summed E-state index contributed by atoms with van der Waals surface area (Å²) in [4.78, 5) is 20.9. The van der Waals surface area contributed by atoms with Gasteiger partial charge in [-0.2, -0.15) is 0 Å². The summed E-state index contributed by atoms with van der Waals surface area (Å²) in [5.74, 6) is 3.50. The molecule has 2 N–H and O–H groups in total. The van der Waals surface area contributed by atoms with E-state index in [-0.39, 0.29) is 5.91 Å². The summed E-state index contributed by atoms with van der Waals surface area (Å²) in [5.41, 5.74) is 2.80. The fourth-order valence-corrected chi connectivity index (χ4v) is 2.89. The second-order valence-corrected chi connectivity index (χ2v) is 6.56. The van der Waals surface area contributed by atoms with Crippen molar-refractivity contribution in [3.63, 3.8) is 0 Å². The van der Waals surface area contributed by atoms with Gasteiger partial charge in [0.1, 0.15) is 17.9 Å². The largest absolute Gasteiger partial charge is 0.492 e. The van der Waals surface area contributed by atoms with Crippen LogP contribution in [0.5, 0.6) is 5.75 Å². The summed E-state index contributed by atoms with van der Waals surface area (Å²) in [6, 6.07) is 11.1. The van der Waals surface area contributed by atoms with Gasteiger partial charge in [-0.05, 0) is 31.2 Å². The molecule has 0 atom stereocenters. The molecule has 1 heterocycles. The first kappa shape index (κ1) is 20.4. The Morgan fingerprint density at radius 1 is 1.31 bits per heavy atom. The van der Waals surface area contributed by atoms with E-state index in [0.29, 0.717) is 34.7 Å². The normalized spacial score (nSPS) is 10.7. The molecule has 1 amide bonds. The van der Waals surface area contributed by atoms with Gasteiger partial charge in [0.05, 0.1) is 17.8 Å². The number of ether oxygens (including phenoxy) is 1. The minimum absolute atomic E-state index is 0.252. The Kier molecular flexibility index (Phi) is 6.82. The molecule has 1 aromatic heterocycles. The Bertz CT molecular complexity index is 1110. The molecule has 3 aromatic rings. The van der Waals surface area contributed by atoms with Crippen LogP contribution in [0.2, 0.25) is 0 Å². The number of nitrogens with one attached hydrogen (secondary N) is 2. The van der Waals surface area contributed by atoms with Gasteiger partial charge in [-0.15, -0.1) is 6.42 Å². The van der Waals surface area contributed by atoms with Crippen LogP contribution in [0.3, 0.4) is 0 Å². The topological polar surface area (TPSA) is 76.1 Å². The van der Waals surface area contributed by atoms with Gasteiger partial charge in [-0.3, -0.25) is 4.79 Å². The molecule has 0 unspecified atom stereocenters. The average molecular weight is 451 g/mol. The van der Waals surface area contributed by atoms with Crippen LogP contribution in [0.25, 0.3) is 10.9 Å². The number of aromatic nitrogens is 2. The van der Waals surface area contributed by atoms with Crippen molar-refractivity contribution in [2.45, 2.75) is 6.92 Å². The van der Waals surface area contributed by atoms with Gasteiger partial charge in [0.25, 0.3) is 0 Å². The van der Waals surface area contributed by atoms with Gasteiger partial charge in [0.2, 0.25) is 5.91 Å². The number of carbonyl (C=O) groups is 1. The van der Waals surface area contributed by atoms with Crippen molar-refractivity contribution in [3.8, 4) is 18.1 Å². The Labute approximate surface area is 177 Å². The number of hydrogen-bond acceptors (Lipinski definition) is 5. The fraction of sp³-hybridized carbons (Fsp3) is 0.136. The molecule has 0 radical (unpaired) electrons. The van der Waals surface area contributed by atoms with Crippen LogP contribution in [0, 0.1) is 12.3 Å². The van der Waals surface area contributed by atoms with E-state index in [2.05, 4.69) is 42.5 Å². The highest BCUT2D eigenvalue weighted by atomic mass is 79.9. The van der Waals surface area contributed by atoms with E-state index in [1.54, 1.807) is 18.2 Å². The Balaban J connectivity index is 2.03. The lowest BCUT2D eigenvalue weighted by Crippen LogP contribution is -2.10. The minimum Gasteiger partial charge on any atom is -0.492 e. The van der Waals surface area contributed by atoms with Gasteiger partial charge >= 0.3 is 0 Å². The molecule has 0 saturated heterocycles. The predicted molar refractivity (Wildman–Crippen MR) is 120 cm³/mol. The maximum atomic E-state index is 12.2. The number of anilines is 3. The summed E-state index contributed by atoms with van der Waals surface area (Å²) in [6.07, 6.45) is 10.1. The summed E-state index contributed by atoms with van der Waals surface area (Å²) < 4.78 is 5.69. The number of fused-ring (bicyclic) bond motifs is 1. The number of amides is 1. The van der Waals surface area contributed by atoms with Gasteiger partial charge in [0, 0.05) is 34.1 Å². The Hall–Kier alpha value is -3.37. The van der Waals surface area contributed by atoms with E-state index in [1.165, 1.54) is 12.4 Å². The molecular weight excluding hydrogens is 432 g/mol. The molecule has 0 saturated carbocycles. The lowest BCUT2D eigenvalue weighted by atomic mass is 10.1. The fourth-order valence-electron chi connectivity index (χ4n) is 2.71. The number of terminal acetylenes is 1. The third-order valence-corrected chi connectivity index (χ3v) is 4.32. The molecule has 146 valence electrons. The van der Waals surface area contributed by atoms with Crippen molar-refractivity contribution in [1.82, 2.24) is 9.97 Å². The number of alkyl halides is 1. The number of allylic oxidation sites excluding steroid dienone is 1. The third-order valence-electron chi connectivity index (χ3n) is 3.94. The average Bonchev–Trinajstić information content (AvgIpc) is 2.73. The van der Waals surface area contributed by atoms with Crippen LogP contribution < -0.4 is 15.4 Å². The molecule has 6 nitrogen and oxygen atoms in total. The SMILES string of the molecule is C#Cc1cccc(Nc2ncnc3cc(OCC)c(NC(=O)/C=C/CBr)cc23)c1. The zero-order valence-corrected chi connectivity index (χ0v) is 17.4. The zero-order valence-electron chi connectivity index (χ0n) is 15.8. The number of benzene rings is 2. The predicted octanol–water partition coefficient (Wildman–Crippen LogP) is 4.64.